The summed E-state index contributed by atoms with van der Waals surface area (Å²) in [5, 5.41) is 38.1. The molecule has 17 heteroatoms. The van der Waals surface area contributed by atoms with Crippen LogP contribution in [0.3, 0.4) is 0 Å². The minimum atomic E-state index is -1.06. The number of ether oxygens (including phenoxy) is 9. The molecular weight excluding hydrogens is 747 g/mol. The quantitative estimate of drug-likeness (QED) is 0.0954. The van der Waals surface area contributed by atoms with Gasteiger partial charge >= 0.3 is 47.5 Å². The number of rotatable bonds is 11. The Hall–Kier alpha value is -1.51. The van der Waals surface area contributed by atoms with Crippen LogP contribution in [0.25, 0.3) is 0 Å². The third kappa shape index (κ3) is 12.0. The van der Waals surface area contributed by atoms with E-state index >= 15 is 0 Å². The van der Waals surface area contributed by atoms with Crippen LogP contribution in [0.4, 0.5) is 0 Å². The van der Waals surface area contributed by atoms with E-state index in [-0.39, 0.29) is 36.2 Å². The first kappa shape index (κ1) is 48.9. The Morgan fingerprint density at radius 1 is 0.750 bits per heavy atom. The van der Waals surface area contributed by atoms with E-state index in [2.05, 4.69) is 13.2 Å². The monoisotopic (exact) mass is 808 g/mol. The number of fused-ring (bicyclic) bond motifs is 2. The molecule has 0 aromatic rings. The van der Waals surface area contributed by atoms with E-state index in [4.69, 9.17) is 47.7 Å². The molecule has 0 aromatic heterocycles. The van der Waals surface area contributed by atoms with Gasteiger partial charge in [0.15, 0.2) is 23.8 Å². The van der Waals surface area contributed by atoms with Gasteiger partial charge in [-0.1, -0.05) is 25.0 Å². The van der Waals surface area contributed by atoms with Crippen LogP contribution in [0.1, 0.15) is 97.8 Å². The molecule has 56 heavy (non-hydrogen) atoms. The third-order valence-corrected chi connectivity index (χ3v) is 10.8. The number of carbonyl (C=O) groups excluding carboxylic acids is 3. The molecule has 4 saturated heterocycles. The second-order valence-corrected chi connectivity index (χ2v) is 14.9. The van der Waals surface area contributed by atoms with Crippen LogP contribution < -0.4 is 34.7 Å². The summed E-state index contributed by atoms with van der Waals surface area (Å²) >= 11 is 0. The van der Waals surface area contributed by atoms with Gasteiger partial charge in [-0.3, -0.25) is 14.4 Å². The van der Waals surface area contributed by atoms with Crippen molar-refractivity contribution < 1.29 is 107 Å². The largest absolute Gasteiger partial charge is 1.00 e. The Morgan fingerprint density at radius 2 is 1.23 bits per heavy atom. The van der Waals surface area contributed by atoms with Gasteiger partial charge in [0.2, 0.25) is 0 Å². The van der Waals surface area contributed by atoms with E-state index < -0.39 is 109 Å². The molecule has 2 unspecified atom stereocenters. The molecule has 4 aliphatic heterocycles. The van der Waals surface area contributed by atoms with Gasteiger partial charge in [-0.05, 0) is 38.5 Å². The number of aliphatic hydroxyl groups excluding tert-OH is 3. The van der Waals surface area contributed by atoms with Crippen molar-refractivity contribution in [3.63, 3.8) is 0 Å². The van der Waals surface area contributed by atoms with Crippen molar-refractivity contribution in [3.8, 4) is 0 Å². The summed E-state index contributed by atoms with van der Waals surface area (Å²) in [6, 6.07) is 0. The van der Waals surface area contributed by atoms with Crippen molar-refractivity contribution in [2.45, 2.75) is 183 Å². The molecule has 12 atom stereocenters. The predicted molar refractivity (Wildman–Crippen MR) is 191 cm³/mol. The van der Waals surface area contributed by atoms with E-state index in [1.54, 1.807) is 12.2 Å². The van der Waals surface area contributed by atoms with Crippen LogP contribution in [0.5, 0.6) is 0 Å². The van der Waals surface area contributed by atoms with Gasteiger partial charge < -0.3 is 63.1 Å². The van der Waals surface area contributed by atoms with Crippen molar-refractivity contribution >= 4 is 17.9 Å². The fraction of sp³-hybridized carbons (Fsp3) is 0.821. The smallest absolute Gasteiger partial charge is 0.857 e. The summed E-state index contributed by atoms with van der Waals surface area (Å²) in [5.41, 5.74) is 0. The fourth-order valence-corrected chi connectivity index (χ4v) is 8.50. The molecule has 6 rings (SSSR count). The van der Waals surface area contributed by atoms with Crippen molar-refractivity contribution in [3.05, 3.63) is 25.3 Å². The maximum atomic E-state index is 11.8. The molecule has 3 N–H and O–H groups in total. The third-order valence-electron chi connectivity index (χ3n) is 10.8. The van der Waals surface area contributed by atoms with Crippen molar-refractivity contribution in [2.24, 2.45) is 0 Å². The Bertz CT molecular complexity index is 1270. The molecule has 0 amide bonds. The molecule has 16 nitrogen and oxygen atoms in total. The van der Waals surface area contributed by atoms with Crippen molar-refractivity contribution in [1.29, 1.82) is 0 Å². The molecular formula is C39H61NaO16. The minimum absolute atomic E-state index is 0. The van der Waals surface area contributed by atoms with Crippen molar-refractivity contribution in [2.75, 3.05) is 20.3 Å². The van der Waals surface area contributed by atoms with Crippen molar-refractivity contribution in [1.82, 2.24) is 0 Å². The van der Waals surface area contributed by atoms with Crippen LogP contribution in [0, 0.1) is 0 Å². The summed E-state index contributed by atoms with van der Waals surface area (Å²) in [6.45, 7) is 10.7. The van der Waals surface area contributed by atoms with E-state index in [1.165, 1.54) is 20.8 Å². The van der Waals surface area contributed by atoms with Crippen LogP contribution in [0.2, 0.25) is 0 Å². The normalized spacial score (nSPS) is 34.6. The number of esters is 3. The second-order valence-electron chi connectivity index (χ2n) is 14.9. The Morgan fingerprint density at radius 3 is 1.71 bits per heavy atom. The molecule has 0 radical (unpaired) electrons. The maximum Gasteiger partial charge on any atom is 1.00 e. The van der Waals surface area contributed by atoms with Gasteiger partial charge in [-0.2, -0.15) is 7.11 Å². The number of carbonyl (C=O) groups is 3. The molecule has 0 aromatic carbocycles. The van der Waals surface area contributed by atoms with Crippen LogP contribution >= 0.6 is 0 Å². The SMILES string of the molecule is C=CC[C@@H]1O[C@@H]([C@@H](COC(C)=O)OC(C)=O)C2OC3(CCCCC3)O[C@H]2[C@H]1OC(C)=O.C=CC[C@@H]1O[C@@H]([C@H](O)CO)C2OC3(CCCCC3)O[C@H]2[C@H]1O.C[O-].[Na+]. The first-order chi connectivity index (χ1) is 26.3. The Balaban J connectivity index is 0.000000296. The van der Waals surface area contributed by atoms with E-state index in [0.29, 0.717) is 25.7 Å². The summed E-state index contributed by atoms with van der Waals surface area (Å²) in [7, 11) is 0.750. The van der Waals surface area contributed by atoms with Gasteiger partial charge in [0, 0.05) is 46.5 Å². The van der Waals surface area contributed by atoms with Gasteiger partial charge in [-0.15, -0.1) is 13.2 Å². The van der Waals surface area contributed by atoms with Crippen LogP contribution in [-0.2, 0) is 57.0 Å². The van der Waals surface area contributed by atoms with Gasteiger partial charge in [0.05, 0.1) is 12.7 Å². The summed E-state index contributed by atoms with van der Waals surface area (Å²) in [5.74, 6) is -2.96. The number of hydrogen-bond donors (Lipinski definition) is 3. The van der Waals surface area contributed by atoms with E-state index in [1.807, 2.05) is 0 Å². The Kier molecular flexibility index (Phi) is 19.8. The summed E-state index contributed by atoms with van der Waals surface area (Å²) in [6.07, 6.45) is 4.99. The van der Waals surface area contributed by atoms with E-state index in [0.717, 1.165) is 58.5 Å². The predicted octanol–water partition coefficient (Wildman–Crippen LogP) is -1.33. The molecule has 4 heterocycles. The molecule has 2 aliphatic carbocycles. The zero-order valence-electron chi connectivity index (χ0n) is 33.5. The average Bonchev–Trinajstić information content (AvgIpc) is 3.72. The van der Waals surface area contributed by atoms with E-state index in [9.17, 15) is 29.7 Å². The van der Waals surface area contributed by atoms with Crippen LogP contribution in [0.15, 0.2) is 25.3 Å². The Labute approximate surface area is 351 Å². The topological polar surface area (TPSA) is 218 Å². The van der Waals surface area contributed by atoms with Gasteiger partial charge in [-0.25, -0.2) is 0 Å². The fourth-order valence-electron chi connectivity index (χ4n) is 8.50. The molecule has 2 spiro atoms. The molecule has 0 bridgehead atoms. The summed E-state index contributed by atoms with van der Waals surface area (Å²) < 4.78 is 53.4. The average molecular weight is 809 g/mol. The first-order valence-corrected chi connectivity index (χ1v) is 19.4. The molecule has 6 fully saturated rings. The van der Waals surface area contributed by atoms with Crippen LogP contribution in [-0.4, -0.2) is 138 Å². The van der Waals surface area contributed by atoms with Gasteiger partial charge in [0.25, 0.3) is 0 Å². The molecule has 314 valence electrons. The minimum Gasteiger partial charge on any atom is -0.857 e. The zero-order chi connectivity index (χ0) is 40.3. The molecule has 6 aliphatic rings. The zero-order valence-corrected chi connectivity index (χ0v) is 35.5. The first-order valence-electron chi connectivity index (χ1n) is 19.4. The maximum absolute atomic E-state index is 11.8. The second kappa shape index (κ2) is 22.7. The van der Waals surface area contributed by atoms with Gasteiger partial charge in [0.1, 0.15) is 61.5 Å². The number of aliphatic hydroxyl groups is 3. The summed E-state index contributed by atoms with van der Waals surface area (Å²) in [4.78, 5) is 35.0. The molecule has 2 saturated carbocycles. The number of hydrogen-bond acceptors (Lipinski definition) is 16. The standard InChI is InChI=1S/C22H32O9.C16H26O6.CH3O.Na/c1-5-9-16-18(28-15(4)25)20-21(31-22(30-20)10-7-6-8-11-22)19(29-16)17(27-14(3)24)12-26-13(2)23;1-2-6-11-12(19)14-15(13(20-11)10(18)9-17)22-16(21-14)7-4-3-5-8-16;1-2;/h5,16-21H,1,6-12H2,2-4H3;2,10-15,17-19H,1,3-9H2;1H3;/q;;-1;+1/t16-,17+,18-,19-,20-,21?;10-,11+,12+,13+,14+,15?;;/m01../s1.